The van der Waals surface area contributed by atoms with Crippen LogP contribution in [0.2, 0.25) is 10.0 Å². The lowest BCUT2D eigenvalue weighted by Gasteiger charge is -2.31. The number of nitrogens with one attached hydrogen (secondary N) is 2. The molecule has 0 radical (unpaired) electrons. The average Bonchev–Trinajstić information content (AvgIpc) is 3.41. The molecule has 0 saturated carbocycles. The zero-order valence-electron chi connectivity index (χ0n) is 23.1. The fourth-order valence-corrected chi connectivity index (χ4v) is 5.39. The maximum Gasteiger partial charge on any atom is 0.266 e. The summed E-state index contributed by atoms with van der Waals surface area (Å²) in [5.74, 6) is 0.677. The molecule has 7 nitrogen and oxygen atoms in total. The summed E-state index contributed by atoms with van der Waals surface area (Å²) in [6, 6.07) is 30.1. The normalized spacial score (nSPS) is 17.7. The number of hydrazine groups is 1. The van der Waals surface area contributed by atoms with Crippen molar-refractivity contribution in [3.05, 3.63) is 134 Å². The smallest absolute Gasteiger partial charge is 0.266 e. The van der Waals surface area contributed by atoms with Crippen LogP contribution < -0.4 is 15.6 Å². The molecule has 4 aromatic rings. The van der Waals surface area contributed by atoms with E-state index in [1.165, 1.54) is 0 Å². The van der Waals surface area contributed by atoms with Gasteiger partial charge >= 0.3 is 0 Å². The van der Waals surface area contributed by atoms with Gasteiger partial charge in [-0.3, -0.25) is 10.2 Å². The predicted octanol–water partition coefficient (Wildman–Crippen LogP) is 6.84. The second-order valence-corrected chi connectivity index (χ2v) is 11.8. The minimum absolute atomic E-state index is 0.0639. The summed E-state index contributed by atoms with van der Waals surface area (Å²) in [6.45, 7) is 0.797. The summed E-state index contributed by atoms with van der Waals surface area (Å²) in [6.07, 6.45) is 0.120. The van der Waals surface area contributed by atoms with Crippen molar-refractivity contribution in [3.8, 4) is 5.75 Å². The number of aliphatic hydroxyl groups excluding tert-OH is 1. The molecule has 0 bridgehead atoms. The van der Waals surface area contributed by atoms with Gasteiger partial charge in [0.2, 0.25) is 5.90 Å². The van der Waals surface area contributed by atoms with Crippen LogP contribution in [0.5, 0.6) is 5.75 Å². The van der Waals surface area contributed by atoms with E-state index in [0.717, 1.165) is 21.2 Å². The molecule has 43 heavy (non-hydrogen) atoms. The van der Waals surface area contributed by atoms with Crippen LogP contribution in [0, 0.1) is 0 Å². The highest BCUT2D eigenvalue weighted by Crippen LogP contribution is 2.42. The number of benzene rings is 4. The van der Waals surface area contributed by atoms with E-state index in [-0.39, 0.29) is 18.9 Å². The van der Waals surface area contributed by atoms with Crippen LogP contribution >= 0.6 is 39.1 Å². The highest BCUT2D eigenvalue weighted by Gasteiger charge is 2.53. The number of carbonyl (C=O) groups is 1. The molecular weight excluding hydrogens is 653 g/mol. The zero-order valence-corrected chi connectivity index (χ0v) is 26.2. The Kier molecular flexibility index (Phi) is 10.4. The second-order valence-electron chi connectivity index (χ2n) is 10.1. The molecule has 0 saturated heterocycles. The van der Waals surface area contributed by atoms with Crippen molar-refractivity contribution in [3.63, 3.8) is 0 Å². The van der Waals surface area contributed by atoms with Crippen molar-refractivity contribution in [2.45, 2.75) is 31.0 Å². The standard InChI is InChI=1S/C33H30BrCl2N3O4/c34-26-12-7-22(8-13-26)20-33(32(41)39-37-21-23-9-16-28(35)29(36)19-23)30(24-5-2-1-3-6-24)43-31(38-33)25-10-14-27(15-11-25)42-18-4-17-40/h1-3,5-16,19,30,37,40H,4,17-18,20-21H2,(H,39,41)/t30-,33-/m0/s1. The first-order chi connectivity index (χ1) is 20.9. The Morgan fingerprint density at radius 3 is 2.37 bits per heavy atom. The van der Waals surface area contributed by atoms with Gasteiger partial charge in [-0.2, -0.15) is 0 Å². The van der Waals surface area contributed by atoms with Crippen LogP contribution in [0.1, 0.15) is 34.8 Å². The molecule has 1 aliphatic rings. The van der Waals surface area contributed by atoms with E-state index in [2.05, 4.69) is 26.8 Å². The first-order valence-electron chi connectivity index (χ1n) is 13.8. The molecule has 0 aromatic heterocycles. The minimum atomic E-state index is -1.34. The average molecular weight is 683 g/mol. The van der Waals surface area contributed by atoms with Crippen LogP contribution in [0.4, 0.5) is 0 Å². The van der Waals surface area contributed by atoms with Crippen LogP contribution in [0.3, 0.4) is 0 Å². The second kappa shape index (κ2) is 14.4. The first kappa shape index (κ1) is 31.0. The van der Waals surface area contributed by atoms with E-state index >= 15 is 0 Å². The van der Waals surface area contributed by atoms with Gasteiger partial charge in [-0.15, -0.1) is 0 Å². The third-order valence-corrected chi connectivity index (χ3v) is 8.27. The van der Waals surface area contributed by atoms with Crippen molar-refractivity contribution in [2.75, 3.05) is 13.2 Å². The molecule has 10 heteroatoms. The van der Waals surface area contributed by atoms with Gasteiger partial charge in [0.15, 0.2) is 11.6 Å². The molecule has 0 aliphatic carbocycles. The molecule has 0 fully saturated rings. The number of halogens is 3. The van der Waals surface area contributed by atoms with Crippen molar-refractivity contribution >= 4 is 50.9 Å². The molecule has 1 aliphatic heterocycles. The van der Waals surface area contributed by atoms with Gasteiger partial charge in [0.1, 0.15) is 5.75 Å². The van der Waals surface area contributed by atoms with E-state index in [4.69, 9.17) is 42.8 Å². The molecule has 4 aromatic carbocycles. The van der Waals surface area contributed by atoms with E-state index in [9.17, 15) is 4.79 Å². The quantitative estimate of drug-likeness (QED) is 0.112. The fourth-order valence-electron chi connectivity index (χ4n) is 4.81. The molecule has 0 unspecified atom stereocenters. The summed E-state index contributed by atoms with van der Waals surface area (Å²) in [5, 5.41) is 9.93. The molecule has 0 spiro atoms. The number of hydrogen-bond acceptors (Lipinski definition) is 6. The number of ether oxygens (including phenoxy) is 2. The number of nitrogens with zero attached hydrogens (tertiary/aromatic N) is 1. The summed E-state index contributed by atoms with van der Waals surface area (Å²) in [4.78, 5) is 19.3. The zero-order chi connectivity index (χ0) is 30.2. The van der Waals surface area contributed by atoms with Gasteiger partial charge in [-0.1, -0.05) is 87.7 Å². The Labute approximate surface area is 269 Å². The number of hydrogen-bond donors (Lipinski definition) is 3. The van der Waals surface area contributed by atoms with Crippen molar-refractivity contribution < 1.29 is 19.4 Å². The molecular formula is C33H30BrCl2N3O4. The maximum absolute atomic E-state index is 14.3. The Balaban J connectivity index is 1.49. The number of aliphatic imine (C=N–C) groups is 1. The van der Waals surface area contributed by atoms with E-state index in [1.807, 2.05) is 84.9 Å². The van der Waals surface area contributed by atoms with E-state index in [0.29, 0.717) is 46.8 Å². The summed E-state index contributed by atoms with van der Waals surface area (Å²) in [5.41, 5.74) is 7.89. The van der Waals surface area contributed by atoms with Crippen LogP contribution in [-0.2, 0) is 22.5 Å². The van der Waals surface area contributed by atoms with Gasteiger partial charge in [0.05, 0.1) is 16.7 Å². The van der Waals surface area contributed by atoms with Gasteiger partial charge in [-0.25, -0.2) is 10.4 Å². The van der Waals surface area contributed by atoms with Crippen LogP contribution in [-0.4, -0.2) is 35.7 Å². The lowest BCUT2D eigenvalue weighted by atomic mass is 9.82. The number of rotatable bonds is 12. The third kappa shape index (κ3) is 7.58. The third-order valence-electron chi connectivity index (χ3n) is 7.00. The summed E-state index contributed by atoms with van der Waals surface area (Å²) < 4.78 is 13.2. The molecule has 1 amide bonds. The number of amides is 1. The largest absolute Gasteiger partial charge is 0.494 e. The summed E-state index contributed by atoms with van der Waals surface area (Å²) in [7, 11) is 0. The van der Waals surface area contributed by atoms with Gasteiger partial charge in [0.25, 0.3) is 5.91 Å². The minimum Gasteiger partial charge on any atom is -0.494 e. The Bertz CT molecular complexity index is 1570. The van der Waals surface area contributed by atoms with Crippen molar-refractivity contribution in [2.24, 2.45) is 4.99 Å². The van der Waals surface area contributed by atoms with Crippen LogP contribution in [0.25, 0.3) is 0 Å². The van der Waals surface area contributed by atoms with Crippen molar-refractivity contribution in [1.29, 1.82) is 0 Å². The van der Waals surface area contributed by atoms with E-state index < -0.39 is 11.6 Å². The number of aliphatic hydroxyl groups is 1. The monoisotopic (exact) mass is 681 g/mol. The molecule has 2 atom stereocenters. The van der Waals surface area contributed by atoms with Gasteiger partial charge < -0.3 is 14.6 Å². The van der Waals surface area contributed by atoms with Crippen LogP contribution in [0.15, 0.2) is 107 Å². The maximum atomic E-state index is 14.3. The Hall–Kier alpha value is -3.40. The SMILES string of the molecule is O=C(NNCc1ccc(Cl)c(Cl)c1)[C@@]1(Cc2ccc(Br)cc2)N=C(c2ccc(OCCCO)cc2)O[C@H]1c1ccccc1. The van der Waals surface area contributed by atoms with Crippen molar-refractivity contribution in [1.82, 2.24) is 10.9 Å². The highest BCUT2D eigenvalue weighted by atomic mass is 79.9. The topological polar surface area (TPSA) is 92.2 Å². The van der Waals surface area contributed by atoms with E-state index in [1.54, 1.807) is 12.1 Å². The number of carbonyl (C=O) groups excluding carboxylic acids is 1. The molecule has 1 heterocycles. The summed E-state index contributed by atoms with van der Waals surface area (Å²) >= 11 is 15.7. The highest BCUT2D eigenvalue weighted by molar-refractivity contribution is 9.10. The van der Waals surface area contributed by atoms with Gasteiger partial charge in [0, 0.05) is 36.0 Å². The lowest BCUT2D eigenvalue weighted by molar-refractivity contribution is -0.130. The first-order valence-corrected chi connectivity index (χ1v) is 15.3. The lowest BCUT2D eigenvalue weighted by Crippen LogP contribution is -2.53. The Morgan fingerprint density at radius 2 is 1.67 bits per heavy atom. The predicted molar refractivity (Wildman–Crippen MR) is 172 cm³/mol. The molecule has 3 N–H and O–H groups in total. The Morgan fingerprint density at radius 1 is 0.953 bits per heavy atom. The molecule has 222 valence electrons. The molecule has 5 rings (SSSR count). The van der Waals surface area contributed by atoms with Gasteiger partial charge in [-0.05, 0) is 65.2 Å². The fraction of sp³-hybridized carbons (Fsp3) is 0.212.